The van der Waals surface area contributed by atoms with Crippen LogP contribution in [-0.2, 0) is 11.2 Å². The van der Waals surface area contributed by atoms with Crippen molar-refractivity contribution in [3.8, 4) is 0 Å². The van der Waals surface area contributed by atoms with Gasteiger partial charge in [-0.3, -0.25) is 4.79 Å². The van der Waals surface area contributed by atoms with Gasteiger partial charge in [-0.25, -0.2) is 9.37 Å². The number of nitrogens with zero attached hydrogens (tertiary/aromatic N) is 2. The zero-order valence-electron chi connectivity index (χ0n) is 14.1. The molecule has 5 nitrogen and oxygen atoms in total. The van der Waals surface area contributed by atoms with Crippen LogP contribution in [0, 0.1) is 5.82 Å². The summed E-state index contributed by atoms with van der Waals surface area (Å²) in [7, 11) is 4.08. The van der Waals surface area contributed by atoms with Crippen molar-refractivity contribution in [1.82, 2.24) is 9.88 Å². The highest BCUT2D eigenvalue weighted by atomic mass is 19.1. The van der Waals surface area contributed by atoms with Crippen molar-refractivity contribution in [3.63, 3.8) is 0 Å². The summed E-state index contributed by atoms with van der Waals surface area (Å²) in [5.41, 5.74) is 0.970. The summed E-state index contributed by atoms with van der Waals surface area (Å²) in [6.45, 7) is 1.85. The summed E-state index contributed by atoms with van der Waals surface area (Å²) < 4.78 is 13.5. The van der Waals surface area contributed by atoms with Gasteiger partial charge in [-0.2, -0.15) is 0 Å². The fourth-order valence-corrected chi connectivity index (χ4v) is 2.20. The maximum atomic E-state index is 13.5. The minimum absolute atomic E-state index is 0.00277. The number of carbonyl (C=O) groups is 1. The Labute approximate surface area is 141 Å². The number of rotatable bonds is 8. The Bertz CT molecular complexity index is 658. The SMILES string of the molecule is CN(C)CCCNc1ccc(NC(=O)Cc2ccccc2F)cn1. The smallest absolute Gasteiger partial charge is 0.228 e. The van der Waals surface area contributed by atoms with Gasteiger partial charge in [0.1, 0.15) is 11.6 Å². The minimum atomic E-state index is -0.372. The van der Waals surface area contributed by atoms with E-state index in [2.05, 4.69) is 20.5 Å². The van der Waals surface area contributed by atoms with E-state index < -0.39 is 0 Å². The molecule has 128 valence electrons. The Hall–Kier alpha value is -2.47. The first-order valence-corrected chi connectivity index (χ1v) is 7.92. The van der Waals surface area contributed by atoms with E-state index in [1.807, 2.05) is 20.2 Å². The maximum Gasteiger partial charge on any atom is 0.228 e. The molecule has 0 atom stereocenters. The highest BCUT2D eigenvalue weighted by molar-refractivity contribution is 5.92. The first kappa shape index (κ1) is 17.9. The van der Waals surface area contributed by atoms with E-state index in [4.69, 9.17) is 0 Å². The molecule has 0 bridgehead atoms. The monoisotopic (exact) mass is 330 g/mol. The lowest BCUT2D eigenvalue weighted by Crippen LogP contribution is -2.17. The van der Waals surface area contributed by atoms with Gasteiger partial charge in [-0.15, -0.1) is 0 Å². The van der Waals surface area contributed by atoms with Crippen LogP contribution >= 0.6 is 0 Å². The van der Waals surface area contributed by atoms with E-state index in [0.717, 1.165) is 25.3 Å². The summed E-state index contributed by atoms with van der Waals surface area (Å²) in [5.74, 6) is 0.123. The Kier molecular flexibility index (Phi) is 6.69. The number of nitrogens with one attached hydrogen (secondary N) is 2. The number of amides is 1. The molecule has 2 aromatic rings. The second-order valence-electron chi connectivity index (χ2n) is 5.83. The quantitative estimate of drug-likeness (QED) is 0.731. The largest absolute Gasteiger partial charge is 0.370 e. The van der Waals surface area contributed by atoms with E-state index in [1.54, 1.807) is 30.5 Å². The van der Waals surface area contributed by atoms with Crippen molar-refractivity contribution >= 4 is 17.4 Å². The first-order chi connectivity index (χ1) is 11.5. The fourth-order valence-electron chi connectivity index (χ4n) is 2.20. The molecule has 1 heterocycles. The van der Waals surface area contributed by atoms with Crippen LogP contribution < -0.4 is 10.6 Å². The van der Waals surface area contributed by atoms with Crippen molar-refractivity contribution in [2.45, 2.75) is 12.8 Å². The van der Waals surface area contributed by atoms with E-state index in [0.29, 0.717) is 11.3 Å². The average molecular weight is 330 g/mol. The predicted octanol–water partition coefficient (Wildman–Crippen LogP) is 2.77. The Morgan fingerprint density at radius 1 is 1.21 bits per heavy atom. The van der Waals surface area contributed by atoms with E-state index in [-0.39, 0.29) is 18.1 Å². The van der Waals surface area contributed by atoms with Crippen LogP contribution in [0.4, 0.5) is 15.9 Å². The Morgan fingerprint density at radius 3 is 2.67 bits per heavy atom. The molecule has 0 unspecified atom stereocenters. The summed E-state index contributed by atoms with van der Waals surface area (Å²) in [6, 6.07) is 9.86. The van der Waals surface area contributed by atoms with Gasteiger partial charge in [-0.05, 0) is 50.8 Å². The number of anilines is 2. The fraction of sp³-hybridized carbons (Fsp3) is 0.333. The molecule has 24 heavy (non-hydrogen) atoms. The average Bonchev–Trinajstić information content (AvgIpc) is 2.55. The molecule has 0 aliphatic heterocycles. The van der Waals surface area contributed by atoms with Gasteiger partial charge < -0.3 is 15.5 Å². The van der Waals surface area contributed by atoms with Gasteiger partial charge in [0, 0.05) is 6.54 Å². The van der Waals surface area contributed by atoms with Crippen LogP contribution in [0.25, 0.3) is 0 Å². The standard InChI is InChI=1S/C18H23FN4O/c1-23(2)11-5-10-20-17-9-8-15(13-21-17)22-18(24)12-14-6-3-4-7-16(14)19/h3-4,6-9,13H,5,10-12H2,1-2H3,(H,20,21)(H,22,24). The number of hydrogen-bond acceptors (Lipinski definition) is 4. The second kappa shape index (κ2) is 8.98. The van der Waals surface area contributed by atoms with E-state index in [1.165, 1.54) is 6.07 Å². The molecule has 0 saturated carbocycles. The van der Waals surface area contributed by atoms with Crippen molar-refractivity contribution in [2.24, 2.45) is 0 Å². The minimum Gasteiger partial charge on any atom is -0.370 e. The van der Waals surface area contributed by atoms with Gasteiger partial charge in [0.2, 0.25) is 5.91 Å². The van der Waals surface area contributed by atoms with Crippen LogP contribution in [0.2, 0.25) is 0 Å². The van der Waals surface area contributed by atoms with Crippen molar-refractivity contribution in [3.05, 3.63) is 54.0 Å². The van der Waals surface area contributed by atoms with E-state index in [9.17, 15) is 9.18 Å². The zero-order chi connectivity index (χ0) is 17.4. The van der Waals surface area contributed by atoms with Crippen LogP contribution in [0.3, 0.4) is 0 Å². The molecule has 2 rings (SSSR count). The lowest BCUT2D eigenvalue weighted by molar-refractivity contribution is -0.115. The molecule has 0 spiro atoms. The molecule has 0 aliphatic carbocycles. The molecule has 0 radical (unpaired) electrons. The van der Waals surface area contributed by atoms with Gasteiger partial charge in [-0.1, -0.05) is 18.2 Å². The summed E-state index contributed by atoms with van der Waals surface area (Å²) in [4.78, 5) is 18.4. The highest BCUT2D eigenvalue weighted by Crippen LogP contribution is 2.12. The third-order valence-electron chi connectivity index (χ3n) is 3.44. The third-order valence-corrected chi connectivity index (χ3v) is 3.44. The Morgan fingerprint density at radius 2 is 2.00 bits per heavy atom. The molecule has 2 N–H and O–H groups in total. The summed E-state index contributed by atoms with van der Waals surface area (Å²) in [5, 5.41) is 5.95. The molecule has 6 heteroatoms. The molecule has 1 amide bonds. The van der Waals surface area contributed by atoms with Gasteiger partial charge in [0.05, 0.1) is 18.3 Å². The molecule has 0 saturated heterocycles. The van der Waals surface area contributed by atoms with E-state index >= 15 is 0 Å². The number of hydrogen-bond donors (Lipinski definition) is 2. The number of aromatic nitrogens is 1. The van der Waals surface area contributed by atoms with Crippen LogP contribution in [0.15, 0.2) is 42.6 Å². The third kappa shape index (κ3) is 5.96. The Balaban J connectivity index is 1.80. The number of halogens is 1. The normalized spacial score (nSPS) is 10.7. The zero-order valence-corrected chi connectivity index (χ0v) is 14.1. The molecular weight excluding hydrogens is 307 g/mol. The predicted molar refractivity (Wildman–Crippen MR) is 94.6 cm³/mol. The first-order valence-electron chi connectivity index (χ1n) is 7.92. The highest BCUT2D eigenvalue weighted by Gasteiger charge is 2.08. The number of pyridine rings is 1. The van der Waals surface area contributed by atoms with Crippen LogP contribution in [0.1, 0.15) is 12.0 Å². The van der Waals surface area contributed by atoms with Crippen molar-refractivity contribution in [1.29, 1.82) is 0 Å². The summed E-state index contributed by atoms with van der Waals surface area (Å²) in [6.07, 6.45) is 2.61. The van der Waals surface area contributed by atoms with Crippen LogP contribution in [-0.4, -0.2) is 43.0 Å². The molecule has 1 aromatic heterocycles. The topological polar surface area (TPSA) is 57.3 Å². The maximum absolute atomic E-state index is 13.5. The van der Waals surface area contributed by atoms with Gasteiger partial charge in [0.15, 0.2) is 0 Å². The molecule has 1 aromatic carbocycles. The number of benzene rings is 1. The van der Waals surface area contributed by atoms with Gasteiger partial charge in [0.25, 0.3) is 0 Å². The summed E-state index contributed by atoms with van der Waals surface area (Å²) >= 11 is 0. The van der Waals surface area contributed by atoms with Crippen molar-refractivity contribution in [2.75, 3.05) is 37.8 Å². The lowest BCUT2D eigenvalue weighted by atomic mass is 10.1. The molecular formula is C18H23FN4O. The van der Waals surface area contributed by atoms with Crippen LogP contribution in [0.5, 0.6) is 0 Å². The van der Waals surface area contributed by atoms with Gasteiger partial charge >= 0.3 is 0 Å². The number of carbonyl (C=O) groups excluding carboxylic acids is 1. The molecule has 0 aliphatic rings. The second-order valence-corrected chi connectivity index (χ2v) is 5.83. The molecule has 0 fully saturated rings. The lowest BCUT2D eigenvalue weighted by Gasteiger charge is -2.10. The van der Waals surface area contributed by atoms with Crippen molar-refractivity contribution < 1.29 is 9.18 Å².